The van der Waals surface area contributed by atoms with Gasteiger partial charge in [-0.3, -0.25) is 9.59 Å². The first kappa shape index (κ1) is 15.0. The second-order valence-corrected chi connectivity index (χ2v) is 5.87. The van der Waals surface area contributed by atoms with E-state index in [0.717, 1.165) is 0 Å². The van der Waals surface area contributed by atoms with Gasteiger partial charge in [-0.1, -0.05) is 0 Å². The number of rotatable bonds is 3. The molecule has 0 aliphatic carbocycles. The lowest BCUT2D eigenvalue weighted by atomic mass is 10.2. The lowest BCUT2D eigenvalue weighted by molar-refractivity contribution is -0.156. The maximum absolute atomic E-state index is 11.9. The molecule has 1 aliphatic rings. The van der Waals surface area contributed by atoms with E-state index < -0.39 is 11.7 Å². The summed E-state index contributed by atoms with van der Waals surface area (Å²) in [5.41, 5.74) is -0.517. The Labute approximate surface area is 108 Å². The molecule has 0 spiro atoms. The van der Waals surface area contributed by atoms with Gasteiger partial charge in [0.05, 0.1) is 12.5 Å². The third kappa shape index (κ3) is 4.64. The SMILES string of the molecule is C[C@@H]1C[C@H](O)CN1C(=O)CCC(=O)OC(C)(C)C. The van der Waals surface area contributed by atoms with Gasteiger partial charge in [-0.15, -0.1) is 0 Å². The molecule has 0 aromatic heterocycles. The van der Waals surface area contributed by atoms with Gasteiger partial charge in [-0.2, -0.15) is 0 Å². The molecule has 18 heavy (non-hydrogen) atoms. The number of ether oxygens (including phenoxy) is 1. The first-order valence-corrected chi connectivity index (χ1v) is 6.38. The van der Waals surface area contributed by atoms with Crippen molar-refractivity contribution in [2.75, 3.05) is 6.54 Å². The van der Waals surface area contributed by atoms with Crippen LogP contribution < -0.4 is 0 Å². The van der Waals surface area contributed by atoms with Crippen LogP contribution in [-0.4, -0.2) is 46.2 Å². The van der Waals surface area contributed by atoms with Gasteiger partial charge in [0.1, 0.15) is 5.60 Å². The van der Waals surface area contributed by atoms with E-state index in [1.54, 1.807) is 25.7 Å². The minimum atomic E-state index is -0.517. The summed E-state index contributed by atoms with van der Waals surface area (Å²) in [6, 6.07) is 0.0473. The molecule has 104 valence electrons. The lowest BCUT2D eigenvalue weighted by Gasteiger charge is -2.22. The molecule has 5 nitrogen and oxygen atoms in total. The van der Waals surface area contributed by atoms with Crippen molar-refractivity contribution in [3.63, 3.8) is 0 Å². The van der Waals surface area contributed by atoms with Gasteiger partial charge in [-0.25, -0.2) is 0 Å². The number of amides is 1. The van der Waals surface area contributed by atoms with Gasteiger partial charge in [0, 0.05) is 19.0 Å². The van der Waals surface area contributed by atoms with Crippen LogP contribution in [0.25, 0.3) is 0 Å². The van der Waals surface area contributed by atoms with Gasteiger partial charge in [-0.05, 0) is 34.1 Å². The maximum atomic E-state index is 11.9. The number of esters is 1. The van der Waals surface area contributed by atoms with Crippen molar-refractivity contribution in [2.45, 2.75) is 64.7 Å². The molecule has 0 unspecified atom stereocenters. The van der Waals surface area contributed by atoms with Gasteiger partial charge < -0.3 is 14.7 Å². The summed E-state index contributed by atoms with van der Waals surface area (Å²) < 4.78 is 5.14. The normalized spacial score (nSPS) is 24.2. The molecule has 0 bridgehead atoms. The average Bonchev–Trinajstić information content (AvgIpc) is 2.52. The Kier molecular flexibility index (Phi) is 4.73. The standard InChI is InChI=1S/C13H23NO4/c1-9-7-10(15)8-14(9)11(16)5-6-12(17)18-13(2,3)4/h9-10,15H,5-8H2,1-4H3/t9-,10+/m1/s1. The van der Waals surface area contributed by atoms with E-state index in [1.165, 1.54) is 0 Å². The molecule has 2 atom stereocenters. The molecule has 1 fully saturated rings. The Balaban J connectivity index is 2.35. The Morgan fingerprint density at radius 1 is 1.33 bits per heavy atom. The fourth-order valence-electron chi connectivity index (χ4n) is 2.10. The van der Waals surface area contributed by atoms with Crippen LogP contribution in [0.1, 0.15) is 47.0 Å². The van der Waals surface area contributed by atoms with Crippen LogP contribution in [-0.2, 0) is 14.3 Å². The number of carbonyl (C=O) groups excluding carboxylic acids is 2. The van der Waals surface area contributed by atoms with E-state index in [1.807, 2.05) is 6.92 Å². The average molecular weight is 257 g/mol. The zero-order valence-corrected chi connectivity index (χ0v) is 11.6. The highest BCUT2D eigenvalue weighted by Gasteiger charge is 2.31. The molecule has 1 aliphatic heterocycles. The van der Waals surface area contributed by atoms with Crippen molar-refractivity contribution in [2.24, 2.45) is 0 Å². The number of aliphatic hydroxyl groups is 1. The molecule has 1 saturated heterocycles. The fraction of sp³-hybridized carbons (Fsp3) is 0.846. The highest BCUT2D eigenvalue weighted by atomic mass is 16.6. The Morgan fingerprint density at radius 2 is 1.94 bits per heavy atom. The largest absolute Gasteiger partial charge is 0.460 e. The zero-order valence-electron chi connectivity index (χ0n) is 11.6. The van der Waals surface area contributed by atoms with E-state index in [-0.39, 0.29) is 30.8 Å². The number of hydrogen-bond acceptors (Lipinski definition) is 4. The lowest BCUT2D eigenvalue weighted by Crippen LogP contribution is -2.35. The van der Waals surface area contributed by atoms with Gasteiger partial charge >= 0.3 is 5.97 Å². The first-order valence-electron chi connectivity index (χ1n) is 6.38. The summed E-state index contributed by atoms with van der Waals surface area (Å²) in [5.74, 6) is -0.451. The van der Waals surface area contributed by atoms with E-state index >= 15 is 0 Å². The second-order valence-electron chi connectivity index (χ2n) is 5.87. The van der Waals surface area contributed by atoms with Gasteiger partial charge in [0.15, 0.2) is 0 Å². The molecule has 1 heterocycles. The summed E-state index contributed by atoms with van der Waals surface area (Å²) >= 11 is 0. The predicted octanol–water partition coefficient (Wildman–Crippen LogP) is 1.09. The highest BCUT2D eigenvalue weighted by molar-refractivity contribution is 5.82. The van der Waals surface area contributed by atoms with Crippen LogP contribution in [0.5, 0.6) is 0 Å². The topological polar surface area (TPSA) is 66.8 Å². The monoisotopic (exact) mass is 257 g/mol. The van der Waals surface area contributed by atoms with Crippen LogP contribution in [0.4, 0.5) is 0 Å². The number of nitrogens with zero attached hydrogens (tertiary/aromatic N) is 1. The second kappa shape index (κ2) is 5.69. The summed E-state index contributed by atoms with van der Waals surface area (Å²) in [5, 5.41) is 9.46. The summed E-state index contributed by atoms with van der Waals surface area (Å²) in [6.45, 7) is 7.67. The van der Waals surface area contributed by atoms with Crippen molar-refractivity contribution >= 4 is 11.9 Å². The van der Waals surface area contributed by atoms with Crippen molar-refractivity contribution in [1.29, 1.82) is 0 Å². The third-order valence-electron chi connectivity index (χ3n) is 2.84. The van der Waals surface area contributed by atoms with Crippen molar-refractivity contribution in [3.8, 4) is 0 Å². The summed E-state index contributed by atoms with van der Waals surface area (Å²) in [6.07, 6.45) is 0.407. The molecule has 0 aromatic carbocycles. The number of likely N-dealkylation sites (tertiary alicyclic amines) is 1. The minimum Gasteiger partial charge on any atom is -0.460 e. The number of aliphatic hydroxyl groups excluding tert-OH is 1. The number of carbonyl (C=O) groups is 2. The quantitative estimate of drug-likeness (QED) is 0.769. The van der Waals surface area contributed by atoms with E-state index in [0.29, 0.717) is 13.0 Å². The molecule has 0 saturated carbocycles. The molecule has 1 rings (SSSR count). The van der Waals surface area contributed by atoms with Crippen molar-refractivity contribution in [1.82, 2.24) is 4.90 Å². The molecule has 1 N–H and O–H groups in total. The predicted molar refractivity (Wildman–Crippen MR) is 66.9 cm³/mol. The Bertz CT molecular complexity index is 321. The molecular formula is C13H23NO4. The molecule has 0 aromatic rings. The Morgan fingerprint density at radius 3 is 2.39 bits per heavy atom. The first-order chi connectivity index (χ1) is 8.19. The smallest absolute Gasteiger partial charge is 0.306 e. The Hall–Kier alpha value is -1.10. The molecule has 0 radical (unpaired) electrons. The minimum absolute atomic E-state index is 0.0473. The number of β-amino-alcohol motifs (C(OH)–C–C–N with tert-alkyl or cyclic N) is 1. The van der Waals surface area contributed by atoms with E-state index in [4.69, 9.17) is 4.74 Å². The van der Waals surface area contributed by atoms with Crippen LogP contribution in [0.3, 0.4) is 0 Å². The van der Waals surface area contributed by atoms with Crippen LogP contribution in [0.2, 0.25) is 0 Å². The van der Waals surface area contributed by atoms with E-state index in [2.05, 4.69) is 0 Å². The van der Waals surface area contributed by atoms with Gasteiger partial charge in [0.2, 0.25) is 5.91 Å². The highest BCUT2D eigenvalue weighted by Crippen LogP contribution is 2.19. The van der Waals surface area contributed by atoms with Crippen molar-refractivity contribution in [3.05, 3.63) is 0 Å². The van der Waals surface area contributed by atoms with Crippen LogP contribution in [0.15, 0.2) is 0 Å². The maximum Gasteiger partial charge on any atom is 0.306 e. The van der Waals surface area contributed by atoms with Crippen LogP contribution >= 0.6 is 0 Å². The third-order valence-corrected chi connectivity index (χ3v) is 2.84. The van der Waals surface area contributed by atoms with Crippen LogP contribution in [0, 0.1) is 0 Å². The molecular weight excluding hydrogens is 234 g/mol. The zero-order chi connectivity index (χ0) is 13.9. The van der Waals surface area contributed by atoms with Crippen molar-refractivity contribution < 1.29 is 19.4 Å². The molecule has 5 heteroatoms. The number of hydrogen-bond donors (Lipinski definition) is 1. The summed E-state index contributed by atoms with van der Waals surface area (Å²) in [7, 11) is 0. The molecule has 1 amide bonds. The van der Waals surface area contributed by atoms with Gasteiger partial charge in [0.25, 0.3) is 0 Å². The summed E-state index contributed by atoms with van der Waals surface area (Å²) in [4.78, 5) is 25.0. The fourth-order valence-corrected chi connectivity index (χ4v) is 2.10. The van der Waals surface area contributed by atoms with E-state index in [9.17, 15) is 14.7 Å².